The minimum absolute atomic E-state index is 0.133. The number of benzene rings is 1. The van der Waals surface area contributed by atoms with Crippen LogP contribution in [-0.2, 0) is 11.3 Å². The van der Waals surface area contributed by atoms with Crippen LogP contribution >= 0.6 is 0 Å². The number of aryl methyl sites for hydroxylation is 1. The number of ether oxygens (including phenoxy) is 1. The third kappa shape index (κ3) is 4.37. The van der Waals surface area contributed by atoms with Gasteiger partial charge in [-0.3, -0.25) is 0 Å². The van der Waals surface area contributed by atoms with Gasteiger partial charge in [-0.05, 0) is 70.6 Å². The Hall–Kier alpha value is -2.24. The third-order valence-corrected chi connectivity index (χ3v) is 5.83. The molecule has 1 aromatic carbocycles. The topological polar surface area (TPSA) is 81.8 Å². The van der Waals surface area contributed by atoms with E-state index in [1.165, 1.54) is 5.57 Å². The summed E-state index contributed by atoms with van der Waals surface area (Å²) < 4.78 is 6.33. The molecule has 0 spiro atoms. The average Bonchev–Trinajstić information content (AvgIpc) is 2.56. The summed E-state index contributed by atoms with van der Waals surface area (Å²) in [6, 6.07) is 3.90. The molecule has 2 atom stereocenters. The van der Waals surface area contributed by atoms with Crippen molar-refractivity contribution in [2.24, 2.45) is 5.92 Å². The molecule has 3 rings (SSSR count). The lowest BCUT2D eigenvalue weighted by Crippen LogP contribution is -2.45. The van der Waals surface area contributed by atoms with Crippen molar-refractivity contribution in [1.29, 1.82) is 0 Å². The summed E-state index contributed by atoms with van der Waals surface area (Å²) in [5.41, 5.74) is 3.06. The molecule has 0 bridgehead atoms. The second-order valence-electron chi connectivity index (χ2n) is 8.28. The van der Waals surface area contributed by atoms with E-state index in [4.69, 9.17) is 4.74 Å². The number of hydrogen-bond donors (Lipinski definition) is 1. The Balaban J connectivity index is 1.72. The van der Waals surface area contributed by atoms with Gasteiger partial charge in [-0.2, -0.15) is 0 Å². The molecule has 1 N–H and O–H groups in total. The van der Waals surface area contributed by atoms with E-state index in [0.717, 1.165) is 49.0 Å². The minimum atomic E-state index is -0.755. The number of rotatable bonds is 7. The SMILES string of the molecule is CC1=C[C@H]2c3c(O)cc(CCCCCO[N+](=O)[O-])cc3OC(C)(C)[C@@H]2CC1. The van der Waals surface area contributed by atoms with Crippen molar-refractivity contribution in [3.05, 3.63) is 45.0 Å². The monoisotopic (exact) mass is 375 g/mol. The van der Waals surface area contributed by atoms with Crippen LogP contribution < -0.4 is 4.74 Å². The van der Waals surface area contributed by atoms with Crippen molar-refractivity contribution in [3.8, 4) is 11.5 Å². The van der Waals surface area contributed by atoms with Crippen molar-refractivity contribution in [2.75, 3.05) is 6.61 Å². The zero-order valence-electron chi connectivity index (χ0n) is 16.4. The molecule has 0 radical (unpaired) electrons. The van der Waals surface area contributed by atoms with Crippen LogP contribution in [0.15, 0.2) is 23.8 Å². The molecule has 0 saturated carbocycles. The fraction of sp³-hybridized carbons (Fsp3) is 0.619. The van der Waals surface area contributed by atoms with Gasteiger partial charge in [0.1, 0.15) is 17.1 Å². The normalized spacial score (nSPS) is 22.9. The van der Waals surface area contributed by atoms with Crippen molar-refractivity contribution in [1.82, 2.24) is 0 Å². The van der Waals surface area contributed by atoms with Crippen molar-refractivity contribution in [2.45, 2.75) is 70.8 Å². The molecule has 2 aliphatic rings. The molecule has 6 nitrogen and oxygen atoms in total. The molecule has 0 aromatic heterocycles. The van der Waals surface area contributed by atoms with Crippen molar-refractivity contribution >= 4 is 0 Å². The van der Waals surface area contributed by atoms with E-state index in [9.17, 15) is 15.2 Å². The number of nitrogens with zero attached hydrogens (tertiary/aromatic N) is 1. The van der Waals surface area contributed by atoms with Crippen LogP contribution in [0, 0.1) is 16.0 Å². The van der Waals surface area contributed by atoms with Gasteiger partial charge < -0.3 is 14.7 Å². The van der Waals surface area contributed by atoms with E-state index < -0.39 is 5.09 Å². The number of fused-ring (bicyclic) bond motifs is 3. The van der Waals surface area contributed by atoms with Gasteiger partial charge in [0, 0.05) is 17.4 Å². The Bertz CT molecular complexity index is 740. The summed E-state index contributed by atoms with van der Waals surface area (Å²) in [5, 5.41) is 20.1. The maximum Gasteiger partial charge on any atom is 0.294 e. The van der Waals surface area contributed by atoms with Crippen LogP contribution in [0.2, 0.25) is 0 Å². The highest BCUT2D eigenvalue weighted by Crippen LogP contribution is 2.53. The predicted molar refractivity (Wildman–Crippen MR) is 103 cm³/mol. The molecule has 0 saturated heterocycles. The number of aromatic hydroxyl groups is 1. The second-order valence-corrected chi connectivity index (χ2v) is 8.28. The van der Waals surface area contributed by atoms with Gasteiger partial charge in [-0.15, -0.1) is 10.1 Å². The highest BCUT2D eigenvalue weighted by molar-refractivity contribution is 5.53. The first-order valence-corrected chi connectivity index (χ1v) is 9.77. The maximum atomic E-state index is 10.7. The van der Waals surface area contributed by atoms with Gasteiger partial charge >= 0.3 is 0 Å². The fourth-order valence-electron chi connectivity index (χ4n) is 4.47. The molecule has 0 amide bonds. The summed E-state index contributed by atoms with van der Waals surface area (Å²) in [7, 11) is 0. The van der Waals surface area contributed by atoms with Crippen LogP contribution in [0.4, 0.5) is 0 Å². The van der Waals surface area contributed by atoms with Gasteiger partial charge in [-0.25, -0.2) is 0 Å². The number of hydrogen-bond acceptors (Lipinski definition) is 5. The highest BCUT2D eigenvalue weighted by atomic mass is 16.9. The molecule has 1 heterocycles. The van der Waals surface area contributed by atoms with Crippen LogP contribution in [0.1, 0.15) is 69.9 Å². The zero-order chi connectivity index (χ0) is 19.6. The van der Waals surface area contributed by atoms with E-state index in [0.29, 0.717) is 18.1 Å². The van der Waals surface area contributed by atoms with Crippen LogP contribution in [-0.4, -0.2) is 22.4 Å². The van der Waals surface area contributed by atoms with Crippen molar-refractivity contribution < 1.29 is 19.8 Å². The summed E-state index contributed by atoms with van der Waals surface area (Å²) in [5.74, 6) is 1.67. The highest BCUT2D eigenvalue weighted by Gasteiger charge is 2.45. The van der Waals surface area contributed by atoms with E-state index in [1.807, 2.05) is 6.07 Å². The standard InChI is InChI=1S/C21H29NO5/c1-14-8-9-17-16(11-14)20-18(23)12-15(13-19(20)27-21(17,2)3)7-5-4-6-10-26-22(24)25/h11-13,16-17,23H,4-10H2,1-3H3/t16-,17-/m1/s1. The summed E-state index contributed by atoms with van der Waals surface area (Å²) in [4.78, 5) is 14.5. The zero-order valence-corrected chi connectivity index (χ0v) is 16.4. The Kier molecular flexibility index (Phi) is 5.63. The number of phenols is 1. The van der Waals surface area contributed by atoms with E-state index in [2.05, 4.69) is 37.8 Å². The molecule has 1 aliphatic heterocycles. The smallest absolute Gasteiger partial charge is 0.294 e. The Morgan fingerprint density at radius 1 is 1.33 bits per heavy atom. The van der Waals surface area contributed by atoms with Crippen molar-refractivity contribution in [3.63, 3.8) is 0 Å². The summed E-state index contributed by atoms with van der Waals surface area (Å²) >= 11 is 0. The summed E-state index contributed by atoms with van der Waals surface area (Å²) in [6.45, 7) is 6.57. The molecule has 148 valence electrons. The first-order valence-electron chi connectivity index (χ1n) is 9.77. The average molecular weight is 375 g/mol. The molecule has 0 fully saturated rings. The predicted octanol–water partition coefficient (Wildman–Crippen LogP) is 4.92. The minimum Gasteiger partial charge on any atom is -0.507 e. The van der Waals surface area contributed by atoms with Gasteiger partial charge in [0.2, 0.25) is 0 Å². The lowest BCUT2D eigenvalue weighted by molar-refractivity contribution is -0.757. The van der Waals surface area contributed by atoms with Gasteiger partial charge in [-0.1, -0.05) is 18.1 Å². The summed E-state index contributed by atoms with van der Waals surface area (Å²) in [6.07, 6.45) is 7.63. The fourth-order valence-corrected chi connectivity index (χ4v) is 4.47. The van der Waals surface area contributed by atoms with Crippen LogP contribution in [0.25, 0.3) is 0 Å². The number of unbranched alkanes of at least 4 members (excludes halogenated alkanes) is 2. The van der Waals surface area contributed by atoms with E-state index in [1.54, 1.807) is 0 Å². The number of allylic oxidation sites excluding steroid dienone is 2. The lowest BCUT2D eigenvalue weighted by Gasteiger charge is -2.46. The quantitative estimate of drug-likeness (QED) is 0.316. The molecular formula is C21H29NO5. The first-order chi connectivity index (χ1) is 12.8. The lowest BCUT2D eigenvalue weighted by atomic mass is 9.68. The van der Waals surface area contributed by atoms with Gasteiger partial charge in [0.25, 0.3) is 5.09 Å². The molecular weight excluding hydrogens is 346 g/mol. The second kappa shape index (κ2) is 7.79. The third-order valence-electron chi connectivity index (χ3n) is 5.83. The van der Waals surface area contributed by atoms with Crippen LogP contribution in [0.5, 0.6) is 11.5 Å². The molecule has 1 aliphatic carbocycles. The largest absolute Gasteiger partial charge is 0.507 e. The Labute approximate surface area is 160 Å². The molecule has 6 heteroatoms. The maximum absolute atomic E-state index is 10.7. The number of phenolic OH excluding ortho intramolecular Hbond substituents is 1. The Morgan fingerprint density at radius 2 is 2.11 bits per heavy atom. The van der Waals surface area contributed by atoms with E-state index in [-0.39, 0.29) is 18.1 Å². The molecule has 27 heavy (non-hydrogen) atoms. The van der Waals surface area contributed by atoms with Gasteiger partial charge in [0.05, 0.1) is 6.61 Å². The van der Waals surface area contributed by atoms with E-state index >= 15 is 0 Å². The van der Waals surface area contributed by atoms with Crippen LogP contribution in [0.3, 0.4) is 0 Å². The molecule has 1 aromatic rings. The Morgan fingerprint density at radius 3 is 2.85 bits per heavy atom. The molecule has 0 unspecified atom stereocenters. The first kappa shape index (κ1) is 19.5. The van der Waals surface area contributed by atoms with Gasteiger partial charge in [0.15, 0.2) is 0 Å².